The highest BCUT2D eigenvalue weighted by Crippen LogP contribution is 2.34. The van der Waals surface area contributed by atoms with Crippen molar-refractivity contribution in [1.29, 1.82) is 0 Å². The van der Waals surface area contributed by atoms with Crippen LogP contribution in [0, 0.1) is 0 Å². The number of nitrogens with one attached hydrogen (secondary N) is 2. The highest BCUT2D eigenvalue weighted by molar-refractivity contribution is 5.79. The molecule has 0 aliphatic heterocycles. The smallest absolute Gasteiger partial charge is 0.236 e. The lowest BCUT2D eigenvalue weighted by Gasteiger charge is -2.15. The van der Waals surface area contributed by atoms with Crippen LogP contribution in [0.2, 0.25) is 0 Å². The molecule has 23 heavy (non-hydrogen) atoms. The average molecular weight is 308 g/mol. The normalized spacial score (nSPS) is 17.5. The molecule has 0 bridgehead atoms. The Kier molecular flexibility index (Phi) is 2.54. The van der Waals surface area contributed by atoms with Gasteiger partial charge in [-0.3, -0.25) is 0 Å². The average Bonchev–Trinajstić information content (AvgIpc) is 3.32. The van der Waals surface area contributed by atoms with Gasteiger partial charge in [0.2, 0.25) is 11.7 Å². The Morgan fingerprint density at radius 3 is 2.96 bits per heavy atom. The number of H-pyrrole nitrogens is 2. The zero-order valence-electron chi connectivity index (χ0n) is 12.0. The fourth-order valence-electron chi connectivity index (χ4n) is 3.05. The first kappa shape index (κ1) is 12.4. The zero-order valence-corrected chi connectivity index (χ0v) is 12.0. The van der Waals surface area contributed by atoms with E-state index in [1.807, 2.05) is 18.2 Å². The van der Waals surface area contributed by atoms with E-state index in [4.69, 9.17) is 4.52 Å². The molecule has 9 nitrogen and oxygen atoms in total. The second-order valence-corrected chi connectivity index (χ2v) is 5.58. The summed E-state index contributed by atoms with van der Waals surface area (Å²) in [5.41, 5.74) is 4.32. The molecule has 1 aliphatic carbocycles. The topological polar surface area (TPSA) is 122 Å². The van der Waals surface area contributed by atoms with Crippen molar-refractivity contribution in [3.8, 4) is 11.4 Å². The molecular formula is C14H12N8O. The van der Waals surface area contributed by atoms with Crippen LogP contribution in [0.3, 0.4) is 0 Å². The highest BCUT2D eigenvalue weighted by Gasteiger charge is 2.30. The minimum absolute atomic E-state index is 0.00883. The number of aromatic nitrogens is 8. The standard InChI is InChI=1S/C14H12N8O/c1-2-8(12-10(3-1)17-22-19-12)14-15-13(20-23-14)7-4-5-9-11(6-7)18-21-16-9/h4-6,8H,1-3H2,(H,16,18,21)(H,17,19,22). The molecule has 2 N–H and O–H groups in total. The van der Waals surface area contributed by atoms with E-state index in [1.165, 1.54) is 0 Å². The number of fused-ring (bicyclic) bond motifs is 2. The van der Waals surface area contributed by atoms with Gasteiger partial charge in [0.1, 0.15) is 11.0 Å². The number of hydrogen-bond acceptors (Lipinski definition) is 7. The van der Waals surface area contributed by atoms with E-state index < -0.39 is 0 Å². The molecule has 0 spiro atoms. The summed E-state index contributed by atoms with van der Waals surface area (Å²) in [6, 6.07) is 5.66. The molecule has 9 heteroatoms. The predicted octanol–water partition coefficient (Wildman–Crippen LogP) is 1.59. The lowest BCUT2D eigenvalue weighted by Crippen LogP contribution is -2.11. The first-order valence-corrected chi connectivity index (χ1v) is 7.42. The van der Waals surface area contributed by atoms with Crippen LogP contribution < -0.4 is 0 Å². The lowest BCUT2D eigenvalue weighted by molar-refractivity contribution is 0.352. The van der Waals surface area contributed by atoms with Crippen molar-refractivity contribution in [3.63, 3.8) is 0 Å². The molecule has 0 fully saturated rings. The van der Waals surface area contributed by atoms with Gasteiger partial charge >= 0.3 is 0 Å². The first-order chi connectivity index (χ1) is 11.4. The Balaban J connectivity index is 1.53. The third-order valence-electron chi connectivity index (χ3n) is 4.20. The van der Waals surface area contributed by atoms with Gasteiger partial charge < -0.3 is 4.52 Å². The van der Waals surface area contributed by atoms with E-state index >= 15 is 0 Å². The third kappa shape index (κ3) is 1.93. The molecule has 1 unspecified atom stereocenters. The number of benzene rings is 1. The third-order valence-corrected chi connectivity index (χ3v) is 4.20. The fourth-order valence-corrected chi connectivity index (χ4v) is 3.05. The Morgan fingerprint density at radius 2 is 1.96 bits per heavy atom. The van der Waals surface area contributed by atoms with Crippen LogP contribution >= 0.6 is 0 Å². The van der Waals surface area contributed by atoms with Gasteiger partial charge in [0, 0.05) is 5.56 Å². The van der Waals surface area contributed by atoms with Crippen molar-refractivity contribution in [3.05, 3.63) is 35.5 Å². The monoisotopic (exact) mass is 308 g/mol. The summed E-state index contributed by atoms with van der Waals surface area (Å²) < 4.78 is 5.49. The zero-order chi connectivity index (χ0) is 15.2. The lowest BCUT2D eigenvalue weighted by atomic mass is 9.90. The quantitative estimate of drug-likeness (QED) is 0.576. The Hall–Kier alpha value is -3.10. The van der Waals surface area contributed by atoms with Gasteiger partial charge in [-0.05, 0) is 37.5 Å². The summed E-state index contributed by atoms with van der Waals surface area (Å²) in [5, 5.41) is 25.9. The van der Waals surface area contributed by atoms with E-state index in [1.54, 1.807) is 0 Å². The van der Waals surface area contributed by atoms with E-state index in [-0.39, 0.29) is 5.92 Å². The maximum Gasteiger partial charge on any atom is 0.236 e. The van der Waals surface area contributed by atoms with Crippen molar-refractivity contribution in [2.45, 2.75) is 25.2 Å². The van der Waals surface area contributed by atoms with Crippen molar-refractivity contribution in [1.82, 2.24) is 41.0 Å². The molecule has 0 amide bonds. The summed E-state index contributed by atoms with van der Waals surface area (Å²) in [6.07, 6.45) is 2.91. The van der Waals surface area contributed by atoms with E-state index in [0.717, 1.165) is 47.2 Å². The summed E-state index contributed by atoms with van der Waals surface area (Å²) in [5.74, 6) is 1.13. The number of hydrogen-bond donors (Lipinski definition) is 2. The van der Waals surface area contributed by atoms with Gasteiger partial charge in [0.15, 0.2) is 0 Å². The molecule has 4 aromatic rings. The van der Waals surface area contributed by atoms with Gasteiger partial charge in [0.05, 0.1) is 17.3 Å². The number of nitrogens with zero attached hydrogens (tertiary/aromatic N) is 6. The van der Waals surface area contributed by atoms with E-state index in [0.29, 0.717) is 11.7 Å². The first-order valence-electron chi connectivity index (χ1n) is 7.42. The molecule has 114 valence electrons. The summed E-state index contributed by atoms with van der Waals surface area (Å²) >= 11 is 0. The molecule has 0 saturated heterocycles. The van der Waals surface area contributed by atoms with Crippen molar-refractivity contribution >= 4 is 11.0 Å². The summed E-state index contributed by atoms with van der Waals surface area (Å²) in [6.45, 7) is 0. The Morgan fingerprint density at radius 1 is 1.04 bits per heavy atom. The van der Waals surface area contributed by atoms with Gasteiger partial charge in [-0.25, -0.2) is 0 Å². The molecule has 0 saturated carbocycles. The van der Waals surface area contributed by atoms with Gasteiger partial charge in [-0.15, -0.1) is 0 Å². The van der Waals surface area contributed by atoms with Crippen LogP contribution in [-0.4, -0.2) is 41.0 Å². The van der Waals surface area contributed by atoms with Crippen LogP contribution in [0.5, 0.6) is 0 Å². The van der Waals surface area contributed by atoms with Crippen LogP contribution in [0.25, 0.3) is 22.4 Å². The molecule has 3 aromatic heterocycles. The van der Waals surface area contributed by atoms with Gasteiger partial charge in [0.25, 0.3) is 0 Å². The number of rotatable bonds is 2. The van der Waals surface area contributed by atoms with Crippen LogP contribution in [-0.2, 0) is 6.42 Å². The Labute approximate surface area is 129 Å². The number of aromatic amines is 2. The van der Waals surface area contributed by atoms with Gasteiger partial charge in [-0.1, -0.05) is 5.16 Å². The summed E-state index contributed by atoms with van der Waals surface area (Å²) in [4.78, 5) is 4.56. The van der Waals surface area contributed by atoms with Crippen LogP contribution in [0.1, 0.15) is 36.0 Å². The predicted molar refractivity (Wildman–Crippen MR) is 78.3 cm³/mol. The van der Waals surface area contributed by atoms with Crippen LogP contribution in [0.4, 0.5) is 0 Å². The highest BCUT2D eigenvalue weighted by atomic mass is 16.5. The second kappa shape index (κ2) is 4.70. The van der Waals surface area contributed by atoms with E-state index in [9.17, 15) is 0 Å². The van der Waals surface area contributed by atoms with Crippen molar-refractivity contribution in [2.75, 3.05) is 0 Å². The minimum Gasteiger partial charge on any atom is -0.338 e. The van der Waals surface area contributed by atoms with Crippen molar-refractivity contribution < 1.29 is 4.52 Å². The molecule has 1 aromatic carbocycles. The maximum absolute atomic E-state index is 5.49. The molecular weight excluding hydrogens is 296 g/mol. The Bertz CT molecular complexity index is 983. The maximum atomic E-state index is 5.49. The molecule has 1 aliphatic rings. The van der Waals surface area contributed by atoms with E-state index in [2.05, 4.69) is 41.0 Å². The van der Waals surface area contributed by atoms with Gasteiger partial charge in [-0.2, -0.15) is 35.8 Å². The van der Waals surface area contributed by atoms with Crippen molar-refractivity contribution in [2.24, 2.45) is 0 Å². The molecule has 1 atom stereocenters. The number of aryl methyl sites for hydroxylation is 1. The molecule has 3 heterocycles. The fraction of sp³-hybridized carbons (Fsp3) is 0.286. The largest absolute Gasteiger partial charge is 0.338 e. The summed E-state index contributed by atoms with van der Waals surface area (Å²) in [7, 11) is 0. The minimum atomic E-state index is 0.00883. The molecule has 5 rings (SSSR count). The SMILES string of the molecule is c1cc2n[nH]nc2cc1-c1noc(C2CCCc3n[nH]nc32)n1. The molecule has 0 radical (unpaired) electrons. The van der Waals surface area contributed by atoms with Crippen LogP contribution in [0.15, 0.2) is 22.7 Å². The second-order valence-electron chi connectivity index (χ2n) is 5.58.